The zero-order valence-corrected chi connectivity index (χ0v) is 19.9. The maximum absolute atomic E-state index is 12.9. The van der Waals surface area contributed by atoms with Crippen LogP contribution in [-0.2, 0) is 29.0 Å². The average Bonchev–Trinajstić information content (AvgIpc) is 3.33. The molecular formula is C24H28N4O4S. The molecule has 0 saturated carbocycles. The van der Waals surface area contributed by atoms with E-state index < -0.39 is 5.97 Å². The van der Waals surface area contributed by atoms with E-state index in [1.807, 2.05) is 6.07 Å². The van der Waals surface area contributed by atoms with E-state index in [0.29, 0.717) is 34.3 Å². The van der Waals surface area contributed by atoms with E-state index in [1.165, 1.54) is 21.8 Å². The van der Waals surface area contributed by atoms with Gasteiger partial charge in [-0.3, -0.25) is 15.0 Å². The molecule has 0 atom stereocenters. The first-order valence-corrected chi connectivity index (χ1v) is 11.7. The minimum absolute atomic E-state index is 0.160. The van der Waals surface area contributed by atoms with Gasteiger partial charge in [0, 0.05) is 43.7 Å². The second-order valence-corrected chi connectivity index (χ2v) is 9.13. The summed E-state index contributed by atoms with van der Waals surface area (Å²) >= 11 is 1.51. The maximum atomic E-state index is 12.9. The van der Waals surface area contributed by atoms with Crippen LogP contribution in [0.4, 0.5) is 5.13 Å². The summed E-state index contributed by atoms with van der Waals surface area (Å²) in [6.07, 6.45) is 0.854. The number of esters is 1. The van der Waals surface area contributed by atoms with Crippen molar-refractivity contribution in [2.45, 2.75) is 33.4 Å². The molecule has 0 radical (unpaired) electrons. The Labute approximate surface area is 196 Å². The van der Waals surface area contributed by atoms with Gasteiger partial charge in [-0.15, -0.1) is 11.3 Å². The Morgan fingerprint density at radius 3 is 2.76 bits per heavy atom. The summed E-state index contributed by atoms with van der Waals surface area (Å²) in [5.74, 6) is -0.792. The Hall–Kier alpha value is -3.01. The Morgan fingerprint density at radius 2 is 2.00 bits per heavy atom. The molecule has 2 aromatic heterocycles. The van der Waals surface area contributed by atoms with Crippen molar-refractivity contribution < 1.29 is 19.1 Å². The van der Waals surface area contributed by atoms with Crippen LogP contribution in [0.3, 0.4) is 0 Å². The number of hydrogen-bond acceptors (Lipinski definition) is 7. The third kappa shape index (κ3) is 5.32. The average molecular weight is 469 g/mol. The van der Waals surface area contributed by atoms with Crippen LogP contribution in [0, 0.1) is 13.8 Å². The lowest BCUT2D eigenvalue weighted by molar-refractivity contribution is 0.0387. The van der Waals surface area contributed by atoms with Gasteiger partial charge in [-0.25, -0.2) is 9.78 Å². The highest BCUT2D eigenvalue weighted by Crippen LogP contribution is 2.30. The smallest absolute Gasteiger partial charge is 0.340 e. The molecule has 0 saturated heterocycles. The molecule has 0 fully saturated rings. The molecule has 174 valence electrons. The molecule has 0 spiro atoms. The Kier molecular flexibility index (Phi) is 7.22. The van der Waals surface area contributed by atoms with Crippen LogP contribution in [-0.4, -0.2) is 53.6 Å². The van der Waals surface area contributed by atoms with Crippen LogP contribution in [0.5, 0.6) is 0 Å². The fraction of sp³-hybridized carbons (Fsp3) is 0.375. The number of nitrogens with one attached hydrogen (secondary N) is 2. The number of hydrogen-bond donors (Lipinski definition) is 2. The Balaban J connectivity index is 1.42. The minimum atomic E-state index is -0.472. The van der Waals surface area contributed by atoms with E-state index in [2.05, 4.69) is 44.5 Å². The summed E-state index contributed by atoms with van der Waals surface area (Å²) in [5.41, 5.74) is 4.20. The number of rotatable bonds is 8. The zero-order chi connectivity index (χ0) is 23.4. The number of fused-ring (bicyclic) bond motifs is 1. The van der Waals surface area contributed by atoms with E-state index >= 15 is 0 Å². The van der Waals surface area contributed by atoms with Crippen LogP contribution >= 0.6 is 11.3 Å². The van der Waals surface area contributed by atoms with Gasteiger partial charge in [0.15, 0.2) is 5.13 Å². The van der Waals surface area contributed by atoms with Gasteiger partial charge in [0.25, 0.3) is 5.91 Å². The summed E-state index contributed by atoms with van der Waals surface area (Å²) in [6.45, 7) is 6.61. The topological polar surface area (TPSA) is 96.5 Å². The lowest BCUT2D eigenvalue weighted by Crippen LogP contribution is -2.29. The number of methoxy groups -OCH3 is 1. The van der Waals surface area contributed by atoms with Crippen LogP contribution in [0.25, 0.3) is 0 Å². The number of thiazole rings is 1. The predicted octanol–water partition coefficient (Wildman–Crippen LogP) is 3.70. The Bertz CT molecular complexity index is 1140. The normalized spacial score (nSPS) is 13.5. The highest BCUT2D eigenvalue weighted by molar-refractivity contribution is 7.15. The SMILES string of the molecule is COCCOC(=O)c1c(C)[nH]c(C(=O)Nc2nc3c(s2)CN(Cc2ccccc2)CC3)c1C. The lowest BCUT2D eigenvalue weighted by atomic mass is 10.1. The van der Waals surface area contributed by atoms with Crippen molar-refractivity contribution in [3.8, 4) is 0 Å². The molecule has 1 amide bonds. The second-order valence-electron chi connectivity index (χ2n) is 8.04. The van der Waals surface area contributed by atoms with Gasteiger partial charge in [-0.2, -0.15) is 0 Å². The molecule has 0 unspecified atom stereocenters. The molecule has 1 aromatic carbocycles. The van der Waals surface area contributed by atoms with Gasteiger partial charge in [-0.1, -0.05) is 30.3 Å². The van der Waals surface area contributed by atoms with Gasteiger partial charge >= 0.3 is 5.97 Å². The molecule has 1 aliphatic rings. The third-order valence-electron chi connectivity index (χ3n) is 5.67. The molecule has 4 rings (SSSR count). The van der Waals surface area contributed by atoms with Crippen LogP contribution in [0.2, 0.25) is 0 Å². The Morgan fingerprint density at radius 1 is 1.21 bits per heavy atom. The number of benzene rings is 1. The van der Waals surface area contributed by atoms with E-state index in [4.69, 9.17) is 9.47 Å². The van der Waals surface area contributed by atoms with Crippen molar-refractivity contribution in [2.75, 3.05) is 32.2 Å². The standard InChI is InChI=1S/C24H28N4O4S/c1-15-20(23(30)32-12-11-31-3)16(2)25-21(15)22(29)27-24-26-18-9-10-28(14-19(18)33-24)13-17-7-5-4-6-8-17/h4-8,25H,9-14H2,1-3H3,(H,26,27,29). The van der Waals surface area contributed by atoms with Crippen LogP contribution in [0.1, 0.15) is 48.2 Å². The van der Waals surface area contributed by atoms with Crippen molar-refractivity contribution >= 4 is 28.3 Å². The first kappa shape index (κ1) is 23.2. The van der Waals surface area contributed by atoms with Gasteiger partial charge in [0.2, 0.25) is 0 Å². The molecule has 3 heterocycles. The number of ether oxygens (including phenoxy) is 2. The van der Waals surface area contributed by atoms with E-state index in [-0.39, 0.29) is 12.5 Å². The van der Waals surface area contributed by atoms with E-state index in [1.54, 1.807) is 21.0 Å². The van der Waals surface area contributed by atoms with Crippen molar-refractivity contribution in [1.29, 1.82) is 0 Å². The molecule has 1 aliphatic heterocycles. The van der Waals surface area contributed by atoms with Gasteiger partial charge in [0.05, 0.1) is 17.9 Å². The predicted molar refractivity (Wildman–Crippen MR) is 127 cm³/mol. The monoisotopic (exact) mass is 468 g/mol. The summed E-state index contributed by atoms with van der Waals surface area (Å²) in [4.78, 5) is 36.6. The highest BCUT2D eigenvalue weighted by Gasteiger charge is 2.25. The van der Waals surface area contributed by atoms with Crippen molar-refractivity contribution in [1.82, 2.24) is 14.9 Å². The fourth-order valence-electron chi connectivity index (χ4n) is 4.01. The highest BCUT2D eigenvalue weighted by atomic mass is 32.1. The zero-order valence-electron chi connectivity index (χ0n) is 19.1. The minimum Gasteiger partial charge on any atom is -0.460 e. The molecule has 33 heavy (non-hydrogen) atoms. The van der Waals surface area contributed by atoms with E-state index in [0.717, 1.165) is 31.7 Å². The molecule has 2 N–H and O–H groups in total. The summed E-state index contributed by atoms with van der Waals surface area (Å²) in [7, 11) is 1.54. The number of amides is 1. The number of aromatic amines is 1. The number of aromatic nitrogens is 2. The fourth-order valence-corrected chi connectivity index (χ4v) is 5.06. The molecule has 3 aromatic rings. The number of aryl methyl sites for hydroxylation is 1. The lowest BCUT2D eigenvalue weighted by Gasteiger charge is -2.25. The molecule has 0 aliphatic carbocycles. The number of anilines is 1. The van der Waals surface area contributed by atoms with Gasteiger partial charge in [-0.05, 0) is 25.0 Å². The third-order valence-corrected chi connectivity index (χ3v) is 6.67. The number of nitrogens with zero attached hydrogens (tertiary/aromatic N) is 2. The van der Waals surface area contributed by atoms with Gasteiger partial charge in [0.1, 0.15) is 12.3 Å². The summed E-state index contributed by atoms with van der Waals surface area (Å²) in [5, 5.41) is 3.47. The largest absolute Gasteiger partial charge is 0.460 e. The quantitative estimate of drug-likeness (QED) is 0.387. The number of carbonyl (C=O) groups is 2. The van der Waals surface area contributed by atoms with E-state index in [9.17, 15) is 9.59 Å². The summed E-state index contributed by atoms with van der Waals surface area (Å²) < 4.78 is 10.1. The second kappa shape index (κ2) is 10.3. The number of carbonyl (C=O) groups excluding carboxylic acids is 2. The first-order chi connectivity index (χ1) is 16.0. The van der Waals surface area contributed by atoms with Gasteiger partial charge < -0.3 is 14.5 Å². The molecule has 8 nitrogen and oxygen atoms in total. The van der Waals surface area contributed by atoms with Crippen LogP contribution in [0.15, 0.2) is 30.3 Å². The van der Waals surface area contributed by atoms with Crippen molar-refractivity contribution in [3.05, 3.63) is 69.0 Å². The molecule has 0 bridgehead atoms. The molecular weight excluding hydrogens is 440 g/mol. The van der Waals surface area contributed by atoms with Crippen molar-refractivity contribution in [3.63, 3.8) is 0 Å². The van der Waals surface area contributed by atoms with Crippen molar-refractivity contribution in [2.24, 2.45) is 0 Å². The molecule has 9 heteroatoms. The number of H-pyrrole nitrogens is 1. The maximum Gasteiger partial charge on any atom is 0.340 e. The van der Waals surface area contributed by atoms with Crippen LogP contribution < -0.4 is 5.32 Å². The summed E-state index contributed by atoms with van der Waals surface area (Å²) in [6, 6.07) is 10.4. The first-order valence-electron chi connectivity index (χ1n) is 10.9.